The summed E-state index contributed by atoms with van der Waals surface area (Å²) in [7, 11) is 0. The van der Waals surface area contributed by atoms with Crippen LogP contribution in [0.15, 0.2) is 53.9 Å². The number of para-hydroxylation sites is 1. The van der Waals surface area contributed by atoms with Crippen LogP contribution in [0.5, 0.6) is 5.75 Å². The lowest BCUT2D eigenvalue weighted by molar-refractivity contribution is 0.339. The van der Waals surface area contributed by atoms with Crippen LogP contribution < -0.4 is 4.74 Å². The zero-order valence-corrected chi connectivity index (χ0v) is 15.1. The van der Waals surface area contributed by atoms with Crippen LogP contribution in [0.1, 0.15) is 17.5 Å². The van der Waals surface area contributed by atoms with E-state index in [2.05, 4.69) is 11.1 Å². The summed E-state index contributed by atoms with van der Waals surface area (Å²) in [5.41, 5.74) is 3.18. The molecule has 0 bridgehead atoms. The van der Waals surface area contributed by atoms with Crippen molar-refractivity contribution in [2.75, 3.05) is 6.61 Å². The molecule has 2 aromatic carbocycles. The van der Waals surface area contributed by atoms with Gasteiger partial charge in [0.1, 0.15) is 16.8 Å². The first-order valence-electron chi connectivity index (χ1n) is 7.76. The van der Waals surface area contributed by atoms with Crippen molar-refractivity contribution in [2.45, 2.75) is 6.92 Å². The molecule has 0 unspecified atom stereocenters. The summed E-state index contributed by atoms with van der Waals surface area (Å²) in [6, 6.07) is 17.4. The van der Waals surface area contributed by atoms with Gasteiger partial charge in [-0.15, -0.1) is 11.3 Å². The van der Waals surface area contributed by atoms with Crippen molar-refractivity contribution in [3.8, 4) is 23.1 Å². The molecule has 124 valence electrons. The number of thiazole rings is 1. The molecule has 3 nitrogen and oxygen atoms in total. The molecule has 1 heterocycles. The van der Waals surface area contributed by atoms with Gasteiger partial charge < -0.3 is 4.74 Å². The predicted molar refractivity (Wildman–Crippen MR) is 104 cm³/mol. The molecule has 3 rings (SSSR count). The maximum absolute atomic E-state index is 9.57. The van der Waals surface area contributed by atoms with Gasteiger partial charge in [-0.25, -0.2) is 4.98 Å². The van der Waals surface area contributed by atoms with Crippen molar-refractivity contribution in [1.82, 2.24) is 4.98 Å². The van der Waals surface area contributed by atoms with Crippen LogP contribution >= 0.6 is 22.9 Å². The van der Waals surface area contributed by atoms with Gasteiger partial charge in [0.15, 0.2) is 0 Å². The molecule has 0 spiro atoms. The first kappa shape index (κ1) is 17.2. The van der Waals surface area contributed by atoms with Crippen molar-refractivity contribution >= 4 is 34.6 Å². The molecule has 0 aliphatic heterocycles. The van der Waals surface area contributed by atoms with Crippen LogP contribution in [-0.2, 0) is 0 Å². The molecule has 0 aliphatic rings. The third-order valence-corrected chi connectivity index (χ3v) is 4.64. The van der Waals surface area contributed by atoms with Gasteiger partial charge in [0.05, 0.1) is 17.9 Å². The van der Waals surface area contributed by atoms with Crippen LogP contribution in [0.25, 0.3) is 22.9 Å². The maximum atomic E-state index is 9.57. The zero-order chi connectivity index (χ0) is 17.6. The average Bonchev–Trinajstić information content (AvgIpc) is 3.11. The highest BCUT2D eigenvalue weighted by atomic mass is 35.5. The topological polar surface area (TPSA) is 45.9 Å². The van der Waals surface area contributed by atoms with Crippen LogP contribution in [-0.4, -0.2) is 11.6 Å². The number of hydrogen-bond acceptors (Lipinski definition) is 4. The quantitative estimate of drug-likeness (QED) is 0.526. The van der Waals surface area contributed by atoms with E-state index in [1.165, 1.54) is 11.3 Å². The van der Waals surface area contributed by atoms with Crippen LogP contribution in [0.3, 0.4) is 0 Å². The number of hydrogen-bond donors (Lipinski definition) is 0. The minimum Gasteiger partial charge on any atom is -0.493 e. The van der Waals surface area contributed by atoms with E-state index in [0.717, 1.165) is 22.6 Å². The molecular weight excluding hydrogens is 352 g/mol. The zero-order valence-electron chi connectivity index (χ0n) is 13.6. The summed E-state index contributed by atoms with van der Waals surface area (Å²) in [6.45, 7) is 2.51. The van der Waals surface area contributed by atoms with E-state index in [9.17, 15) is 5.26 Å². The number of halogens is 1. The fourth-order valence-electron chi connectivity index (χ4n) is 2.33. The molecule has 25 heavy (non-hydrogen) atoms. The van der Waals surface area contributed by atoms with E-state index < -0.39 is 0 Å². The van der Waals surface area contributed by atoms with Gasteiger partial charge in [-0.2, -0.15) is 5.26 Å². The molecule has 0 saturated carbocycles. The van der Waals surface area contributed by atoms with E-state index in [4.69, 9.17) is 16.3 Å². The van der Waals surface area contributed by atoms with E-state index in [0.29, 0.717) is 22.2 Å². The Labute approximate surface area is 155 Å². The summed E-state index contributed by atoms with van der Waals surface area (Å²) in [5, 5.41) is 12.9. The molecule has 1 aromatic heterocycles. The molecule has 0 aliphatic carbocycles. The first-order valence-corrected chi connectivity index (χ1v) is 9.02. The summed E-state index contributed by atoms with van der Waals surface area (Å²) < 4.78 is 5.62. The lowest BCUT2D eigenvalue weighted by atomic mass is 10.1. The first-order chi connectivity index (χ1) is 12.2. The smallest absolute Gasteiger partial charge is 0.134 e. The number of nitriles is 1. The minimum absolute atomic E-state index is 0.511. The Balaban J connectivity index is 1.95. The molecule has 0 fully saturated rings. The molecule has 0 N–H and O–H groups in total. The van der Waals surface area contributed by atoms with E-state index in [1.807, 2.05) is 66.9 Å². The SMILES string of the molecule is CCOc1ccccc1C=C(C#N)c1nc(-c2ccc(Cl)cc2)cs1. The van der Waals surface area contributed by atoms with Crippen LogP contribution in [0, 0.1) is 11.3 Å². The summed E-state index contributed by atoms with van der Waals surface area (Å²) in [6.07, 6.45) is 1.81. The highest BCUT2D eigenvalue weighted by molar-refractivity contribution is 7.11. The fraction of sp³-hybridized carbons (Fsp3) is 0.100. The second-order valence-corrected chi connectivity index (χ2v) is 6.48. The standard InChI is InChI=1S/C20H15ClN2OS/c1-2-24-19-6-4-3-5-15(19)11-16(12-22)20-23-18(13-25-20)14-7-9-17(21)10-8-14/h3-11,13H,2H2,1H3. The van der Waals surface area contributed by atoms with Gasteiger partial charge in [-0.3, -0.25) is 0 Å². The Hall–Kier alpha value is -2.61. The Bertz CT molecular complexity index is 939. The Morgan fingerprint density at radius 2 is 2.00 bits per heavy atom. The number of aromatic nitrogens is 1. The van der Waals surface area contributed by atoms with Crippen molar-refractivity contribution in [3.05, 3.63) is 69.5 Å². The molecule has 0 amide bonds. The minimum atomic E-state index is 0.511. The molecular formula is C20H15ClN2OS. The Kier molecular flexibility index (Phi) is 5.49. The molecule has 0 atom stereocenters. The lowest BCUT2D eigenvalue weighted by Gasteiger charge is -2.06. The number of nitrogens with zero attached hydrogens (tertiary/aromatic N) is 2. The Morgan fingerprint density at radius 3 is 2.72 bits per heavy atom. The number of allylic oxidation sites excluding steroid dienone is 1. The van der Waals surface area contributed by atoms with Crippen molar-refractivity contribution < 1.29 is 4.74 Å². The third-order valence-electron chi connectivity index (χ3n) is 3.51. The largest absolute Gasteiger partial charge is 0.493 e. The second-order valence-electron chi connectivity index (χ2n) is 5.19. The number of ether oxygens (including phenoxy) is 1. The highest BCUT2D eigenvalue weighted by Gasteiger charge is 2.10. The van der Waals surface area contributed by atoms with Crippen molar-refractivity contribution in [2.24, 2.45) is 0 Å². The summed E-state index contributed by atoms with van der Waals surface area (Å²) >= 11 is 7.37. The summed E-state index contributed by atoms with van der Waals surface area (Å²) in [4.78, 5) is 4.60. The van der Waals surface area contributed by atoms with Gasteiger partial charge in [0.2, 0.25) is 0 Å². The Morgan fingerprint density at radius 1 is 1.24 bits per heavy atom. The van der Waals surface area contributed by atoms with Crippen molar-refractivity contribution in [3.63, 3.8) is 0 Å². The van der Waals surface area contributed by atoms with Gasteiger partial charge in [0, 0.05) is 21.5 Å². The van der Waals surface area contributed by atoms with Gasteiger partial charge >= 0.3 is 0 Å². The maximum Gasteiger partial charge on any atom is 0.134 e. The fourth-order valence-corrected chi connectivity index (χ4v) is 3.26. The van der Waals surface area contributed by atoms with E-state index in [1.54, 1.807) is 0 Å². The molecule has 0 radical (unpaired) electrons. The predicted octanol–water partition coefficient (Wildman–Crippen LogP) is 5.93. The van der Waals surface area contributed by atoms with E-state index in [-0.39, 0.29) is 0 Å². The summed E-state index contributed by atoms with van der Waals surface area (Å²) in [5.74, 6) is 0.757. The third kappa shape index (κ3) is 4.08. The lowest BCUT2D eigenvalue weighted by Crippen LogP contribution is -1.93. The molecule has 3 aromatic rings. The normalized spacial score (nSPS) is 11.2. The van der Waals surface area contributed by atoms with Crippen LogP contribution in [0.2, 0.25) is 5.02 Å². The van der Waals surface area contributed by atoms with Crippen molar-refractivity contribution in [1.29, 1.82) is 5.26 Å². The second kappa shape index (κ2) is 7.98. The van der Waals surface area contributed by atoms with Crippen LogP contribution in [0.4, 0.5) is 0 Å². The van der Waals surface area contributed by atoms with Gasteiger partial charge in [-0.05, 0) is 31.2 Å². The monoisotopic (exact) mass is 366 g/mol. The van der Waals surface area contributed by atoms with E-state index >= 15 is 0 Å². The number of rotatable bonds is 5. The average molecular weight is 367 g/mol. The molecule has 0 saturated heterocycles. The number of benzene rings is 2. The van der Waals surface area contributed by atoms with Gasteiger partial charge in [0.25, 0.3) is 0 Å². The highest BCUT2D eigenvalue weighted by Crippen LogP contribution is 2.29. The van der Waals surface area contributed by atoms with Gasteiger partial charge in [-0.1, -0.05) is 41.9 Å². The molecule has 5 heteroatoms.